The molecule has 0 rings (SSSR count). The summed E-state index contributed by atoms with van der Waals surface area (Å²) in [5.41, 5.74) is 0. The fourth-order valence-corrected chi connectivity index (χ4v) is 1.08. The maximum absolute atomic E-state index is 11.4. The second kappa shape index (κ2) is 8.40. The van der Waals surface area contributed by atoms with Crippen LogP contribution in [0.25, 0.3) is 0 Å². The molecule has 88 valence electrons. The number of aliphatic hydroxyl groups excluding tert-OH is 1. The summed E-state index contributed by atoms with van der Waals surface area (Å²) in [6.07, 6.45) is 1.05. The number of hydrogen-bond donors (Lipinski definition) is 2. The minimum absolute atomic E-state index is 0.0630. The van der Waals surface area contributed by atoms with Crippen LogP contribution >= 0.6 is 0 Å². The Balaban J connectivity index is 3.72. The summed E-state index contributed by atoms with van der Waals surface area (Å²) in [5, 5.41) is 12.3. The molecule has 0 fully saturated rings. The monoisotopic (exact) mass is 216 g/mol. The lowest BCUT2D eigenvalue weighted by atomic mass is 10.3. The van der Waals surface area contributed by atoms with Gasteiger partial charge in [0.15, 0.2) is 0 Å². The van der Waals surface area contributed by atoms with Crippen molar-refractivity contribution >= 4 is 5.91 Å². The zero-order chi connectivity index (χ0) is 11.7. The highest BCUT2D eigenvalue weighted by Crippen LogP contribution is 1.90. The van der Waals surface area contributed by atoms with E-state index in [9.17, 15) is 9.90 Å². The van der Waals surface area contributed by atoms with Gasteiger partial charge in [0, 0.05) is 27.2 Å². The van der Waals surface area contributed by atoms with Crippen LogP contribution in [0.3, 0.4) is 0 Å². The number of carbonyl (C=O) groups is 1. The second-order valence-electron chi connectivity index (χ2n) is 3.30. The first-order valence-electron chi connectivity index (χ1n) is 4.84. The third-order valence-electron chi connectivity index (χ3n) is 1.83. The van der Waals surface area contributed by atoms with E-state index >= 15 is 0 Å². The number of amides is 1. The van der Waals surface area contributed by atoms with Crippen molar-refractivity contribution in [2.45, 2.75) is 6.10 Å². The standard InChI is InChI=1S/C10H20N2O3/c1-4-5-11-6-10(14)12(2)7-9(13)8-15-3/h4,9,11,13H,1,5-8H2,2-3H3. The number of carbonyl (C=O) groups excluding carboxylic acids is 1. The third-order valence-corrected chi connectivity index (χ3v) is 1.83. The maximum atomic E-state index is 11.4. The number of aliphatic hydroxyl groups is 1. The van der Waals surface area contributed by atoms with Crippen molar-refractivity contribution in [3.8, 4) is 0 Å². The van der Waals surface area contributed by atoms with Crippen LogP contribution < -0.4 is 5.32 Å². The van der Waals surface area contributed by atoms with Gasteiger partial charge in [0.25, 0.3) is 0 Å². The summed E-state index contributed by atoms with van der Waals surface area (Å²) < 4.78 is 4.77. The van der Waals surface area contributed by atoms with Gasteiger partial charge in [0.2, 0.25) is 5.91 Å². The van der Waals surface area contributed by atoms with Crippen LogP contribution in [0, 0.1) is 0 Å². The van der Waals surface area contributed by atoms with Gasteiger partial charge < -0.3 is 20.1 Å². The number of rotatable bonds is 8. The number of hydrogen-bond acceptors (Lipinski definition) is 4. The molecule has 0 aromatic carbocycles. The van der Waals surface area contributed by atoms with Crippen LogP contribution in [0.2, 0.25) is 0 Å². The molecule has 0 aromatic rings. The molecule has 0 aliphatic carbocycles. The first kappa shape index (κ1) is 14.1. The number of likely N-dealkylation sites (N-methyl/N-ethyl adjacent to an activating group) is 1. The fraction of sp³-hybridized carbons (Fsp3) is 0.700. The van der Waals surface area contributed by atoms with E-state index in [0.717, 1.165) is 0 Å². The number of ether oxygens (including phenoxy) is 1. The Hall–Kier alpha value is -0.910. The summed E-state index contributed by atoms with van der Waals surface area (Å²) in [7, 11) is 3.16. The molecule has 0 aromatic heterocycles. The molecule has 5 heteroatoms. The SMILES string of the molecule is C=CCNCC(=O)N(C)CC(O)COC. The Morgan fingerprint density at radius 1 is 1.73 bits per heavy atom. The van der Waals surface area contributed by atoms with E-state index in [-0.39, 0.29) is 25.6 Å². The number of methoxy groups -OCH3 is 1. The van der Waals surface area contributed by atoms with E-state index in [0.29, 0.717) is 6.54 Å². The molecule has 0 saturated heterocycles. The predicted molar refractivity (Wildman–Crippen MR) is 58.6 cm³/mol. The highest BCUT2D eigenvalue weighted by molar-refractivity contribution is 5.77. The van der Waals surface area contributed by atoms with Crippen LogP contribution in [0.5, 0.6) is 0 Å². The van der Waals surface area contributed by atoms with E-state index in [1.807, 2.05) is 0 Å². The Morgan fingerprint density at radius 2 is 2.40 bits per heavy atom. The van der Waals surface area contributed by atoms with Gasteiger partial charge >= 0.3 is 0 Å². The average molecular weight is 216 g/mol. The minimum Gasteiger partial charge on any atom is -0.389 e. The van der Waals surface area contributed by atoms with Gasteiger partial charge in [-0.3, -0.25) is 4.79 Å². The van der Waals surface area contributed by atoms with Gasteiger partial charge in [-0.25, -0.2) is 0 Å². The molecule has 1 unspecified atom stereocenters. The molecule has 0 aliphatic heterocycles. The van der Waals surface area contributed by atoms with Crippen molar-refractivity contribution < 1.29 is 14.6 Å². The van der Waals surface area contributed by atoms with E-state index in [1.165, 1.54) is 12.0 Å². The molecule has 1 amide bonds. The lowest BCUT2D eigenvalue weighted by Gasteiger charge is -2.20. The quantitative estimate of drug-likeness (QED) is 0.413. The summed E-state index contributed by atoms with van der Waals surface area (Å²) in [5.74, 6) is -0.0630. The smallest absolute Gasteiger partial charge is 0.236 e. The van der Waals surface area contributed by atoms with Gasteiger partial charge in [0.1, 0.15) is 0 Å². The fourth-order valence-electron chi connectivity index (χ4n) is 1.08. The highest BCUT2D eigenvalue weighted by atomic mass is 16.5. The molecule has 2 N–H and O–H groups in total. The molecule has 0 heterocycles. The minimum atomic E-state index is -0.636. The van der Waals surface area contributed by atoms with Crippen LogP contribution in [0.1, 0.15) is 0 Å². The Kier molecular flexibility index (Phi) is 7.89. The maximum Gasteiger partial charge on any atom is 0.236 e. The molecule has 0 saturated carbocycles. The van der Waals surface area contributed by atoms with Crippen molar-refractivity contribution in [2.24, 2.45) is 0 Å². The van der Waals surface area contributed by atoms with Gasteiger partial charge in [-0.15, -0.1) is 6.58 Å². The Bertz CT molecular complexity index is 197. The van der Waals surface area contributed by atoms with Crippen molar-refractivity contribution in [1.29, 1.82) is 0 Å². The van der Waals surface area contributed by atoms with Gasteiger partial charge in [0.05, 0.1) is 19.3 Å². The summed E-state index contributed by atoms with van der Waals surface area (Å²) in [4.78, 5) is 12.9. The highest BCUT2D eigenvalue weighted by Gasteiger charge is 2.12. The van der Waals surface area contributed by atoms with Crippen molar-refractivity contribution in [3.05, 3.63) is 12.7 Å². The third kappa shape index (κ3) is 7.07. The number of nitrogens with zero attached hydrogens (tertiary/aromatic N) is 1. The van der Waals surface area contributed by atoms with Crippen molar-refractivity contribution in [3.63, 3.8) is 0 Å². The van der Waals surface area contributed by atoms with Crippen molar-refractivity contribution in [1.82, 2.24) is 10.2 Å². The first-order valence-corrected chi connectivity index (χ1v) is 4.84. The average Bonchev–Trinajstić information content (AvgIpc) is 2.18. The molecular formula is C10H20N2O3. The van der Waals surface area contributed by atoms with E-state index in [1.54, 1.807) is 13.1 Å². The van der Waals surface area contributed by atoms with Gasteiger partial charge in [-0.1, -0.05) is 6.08 Å². The van der Waals surface area contributed by atoms with Gasteiger partial charge in [-0.05, 0) is 0 Å². The van der Waals surface area contributed by atoms with E-state index in [2.05, 4.69) is 11.9 Å². The molecule has 15 heavy (non-hydrogen) atoms. The number of nitrogens with one attached hydrogen (secondary N) is 1. The topological polar surface area (TPSA) is 61.8 Å². The summed E-state index contributed by atoms with van der Waals surface area (Å²) in [6, 6.07) is 0. The Morgan fingerprint density at radius 3 is 2.93 bits per heavy atom. The molecule has 0 aliphatic rings. The second-order valence-corrected chi connectivity index (χ2v) is 3.30. The normalized spacial score (nSPS) is 12.2. The summed E-state index contributed by atoms with van der Waals surface area (Å²) >= 11 is 0. The lowest BCUT2D eigenvalue weighted by Crippen LogP contribution is -2.40. The van der Waals surface area contributed by atoms with Crippen LogP contribution in [0.15, 0.2) is 12.7 Å². The molecule has 0 spiro atoms. The predicted octanol–water partition coefficient (Wildman–Crippen LogP) is -0.772. The van der Waals surface area contributed by atoms with E-state index < -0.39 is 6.10 Å². The van der Waals surface area contributed by atoms with Gasteiger partial charge in [-0.2, -0.15) is 0 Å². The molecule has 1 atom stereocenters. The molecule has 0 bridgehead atoms. The van der Waals surface area contributed by atoms with Crippen molar-refractivity contribution in [2.75, 3.05) is 40.4 Å². The molecular weight excluding hydrogens is 196 g/mol. The van der Waals surface area contributed by atoms with Crippen LogP contribution in [0.4, 0.5) is 0 Å². The zero-order valence-corrected chi connectivity index (χ0v) is 9.40. The Labute approximate surface area is 90.7 Å². The zero-order valence-electron chi connectivity index (χ0n) is 9.40. The van der Waals surface area contributed by atoms with Crippen LogP contribution in [-0.2, 0) is 9.53 Å². The molecule has 5 nitrogen and oxygen atoms in total. The lowest BCUT2D eigenvalue weighted by molar-refractivity contribution is -0.130. The summed E-state index contributed by atoms with van der Waals surface area (Å²) in [6.45, 7) is 4.89. The van der Waals surface area contributed by atoms with E-state index in [4.69, 9.17) is 4.74 Å². The van der Waals surface area contributed by atoms with Crippen LogP contribution in [-0.4, -0.2) is 62.4 Å². The first-order chi connectivity index (χ1) is 7.11. The largest absolute Gasteiger partial charge is 0.389 e. The molecule has 0 radical (unpaired) electrons.